The van der Waals surface area contributed by atoms with E-state index in [-0.39, 0.29) is 5.82 Å². The lowest BCUT2D eigenvalue weighted by molar-refractivity contribution is 0.617. The van der Waals surface area contributed by atoms with Crippen molar-refractivity contribution in [3.8, 4) is 0 Å². The molecule has 94 valence electrons. The van der Waals surface area contributed by atoms with Crippen LogP contribution in [0.2, 0.25) is 0 Å². The predicted octanol–water partition coefficient (Wildman–Crippen LogP) is 3.41. The van der Waals surface area contributed by atoms with Gasteiger partial charge < -0.3 is 0 Å². The molecule has 18 heavy (non-hydrogen) atoms. The first kappa shape index (κ1) is 12.7. The Labute approximate surface area is 107 Å². The fourth-order valence-corrected chi connectivity index (χ4v) is 1.88. The van der Waals surface area contributed by atoms with Gasteiger partial charge in [-0.2, -0.15) is 0 Å². The van der Waals surface area contributed by atoms with Crippen LogP contribution in [0.3, 0.4) is 0 Å². The zero-order chi connectivity index (χ0) is 13.0. The van der Waals surface area contributed by atoms with Crippen molar-refractivity contribution >= 4 is 0 Å². The number of aromatic nitrogens is 2. The monoisotopic (exact) mass is 244 g/mol. The minimum absolute atomic E-state index is 0.136. The Morgan fingerprint density at radius 2 is 1.89 bits per heavy atom. The maximum atomic E-state index is 13.1. The summed E-state index contributed by atoms with van der Waals surface area (Å²) in [6, 6.07) is 5.30. The van der Waals surface area contributed by atoms with Crippen LogP contribution in [0.1, 0.15) is 28.9 Å². The molecule has 1 aromatic heterocycles. The highest BCUT2D eigenvalue weighted by Gasteiger charge is 2.00. The van der Waals surface area contributed by atoms with Gasteiger partial charge in [0, 0.05) is 12.4 Å². The largest absolute Gasteiger partial charge is 0.258 e. The average molecular weight is 244 g/mol. The molecule has 0 saturated carbocycles. The minimum Gasteiger partial charge on any atom is -0.258 e. The van der Waals surface area contributed by atoms with Crippen molar-refractivity contribution in [2.24, 2.45) is 0 Å². The first-order valence-electron chi connectivity index (χ1n) is 6.18. The second kappa shape index (κ2) is 5.71. The van der Waals surface area contributed by atoms with Crippen molar-refractivity contribution in [2.75, 3.05) is 0 Å². The van der Waals surface area contributed by atoms with E-state index in [1.54, 1.807) is 13.1 Å². The number of nitrogens with zero attached hydrogens (tertiary/aromatic N) is 2. The molecule has 0 radical (unpaired) electrons. The van der Waals surface area contributed by atoms with E-state index in [0.29, 0.717) is 5.56 Å². The third kappa shape index (κ3) is 3.36. The van der Waals surface area contributed by atoms with Gasteiger partial charge in [-0.05, 0) is 50.3 Å². The van der Waals surface area contributed by atoms with E-state index in [1.807, 2.05) is 25.3 Å². The molecule has 0 aliphatic carbocycles. The van der Waals surface area contributed by atoms with Crippen LogP contribution in [0.5, 0.6) is 0 Å². The molecule has 0 atom stereocenters. The van der Waals surface area contributed by atoms with Crippen molar-refractivity contribution in [1.29, 1.82) is 0 Å². The van der Waals surface area contributed by atoms with E-state index in [9.17, 15) is 4.39 Å². The van der Waals surface area contributed by atoms with E-state index in [0.717, 1.165) is 30.7 Å². The topological polar surface area (TPSA) is 25.8 Å². The molecule has 2 rings (SSSR count). The Kier molecular flexibility index (Phi) is 4.03. The molecular weight excluding hydrogens is 227 g/mol. The Balaban J connectivity index is 1.88. The van der Waals surface area contributed by atoms with Gasteiger partial charge in [-0.3, -0.25) is 9.97 Å². The first-order valence-corrected chi connectivity index (χ1v) is 6.18. The lowest BCUT2D eigenvalue weighted by Crippen LogP contribution is -1.96. The van der Waals surface area contributed by atoms with Crippen LogP contribution >= 0.6 is 0 Å². The molecule has 2 nitrogen and oxygen atoms in total. The standard InChI is InChI=1S/C15H17FN2/c1-11-8-13(6-7-15(11)16)4-3-5-14-10-17-12(2)9-18-14/h6-10H,3-5H2,1-2H3. The molecule has 0 amide bonds. The molecule has 3 heteroatoms. The van der Waals surface area contributed by atoms with E-state index in [1.165, 1.54) is 11.6 Å². The quantitative estimate of drug-likeness (QED) is 0.823. The number of halogens is 1. The van der Waals surface area contributed by atoms with Crippen LogP contribution in [-0.4, -0.2) is 9.97 Å². The Morgan fingerprint density at radius 1 is 1.06 bits per heavy atom. The maximum absolute atomic E-state index is 13.1. The maximum Gasteiger partial charge on any atom is 0.126 e. The van der Waals surface area contributed by atoms with Crippen molar-refractivity contribution in [3.63, 3.8) is 0 Å². The van der Waals surface area contributed by atoms with Crippen LogP contribution < -0.4 is 0 Å². The van der Waals surface area contributed by atoms with Crippen molar-refractivity contribution in [3.05, 3.63) is 58.9 Å². The van der Waals surface area contributed by atoms with Crippen LogP contribution in [0.4, 0.5) is 4.39 Å². The second-order valence-corrected chi connectivity index (χ2v) is 4.59. The van der Waals surface area contributed by atoms with Crippen LogP contribution in [0, 0.1) is 19.7 Å². The Bertz CT molecular complexity index is 521. The summed E-state index contributed by atoms with van der Waals surface area (Å²) in [6.45, 7) is 3.72. The van der Waals surface area contributed by atoms with Gasteiger partial charge in [0.05, 0.1) is 11.4 Å². The molecule has 0 saturated heterocycles. The van der Waals surface area contributed by atoms with Gasteiger partial charge in [-0.25, -0.2) is 4.39 Å². The Morgan fingerprint density at radius 3 is 2.56 bits per heavy atom. The molecular formula is C15H17FN2. The first-order chi connectivity index (χ1) is 8.65. The number of rotatable bonds is 4. The van der Waals surface area contributed by atoms with Crippen molar-refractivity contribution in [1.82, 2.24) is 9.97 Å². The molecule has 0 aliphatic rings. The molecule has 0 fully saturated rings. The minimum atomic E-state index is -0.136. The van der Waals surface area contributed by atoms with Gasteiger partial charge >= 0.3 is 0 Å². The van der Waals surface area contributed by atoms with Crippen molar-refractivity contribution in [2.45, 2.75) is 33.1 Å². The zero-order valence-electron chi connectivity index (χ0n) is 10.8. The summed E-state index contributed by atoms with van der Waals surface area (Å²) in [5, 5.41) is 0. The van der Waals surface area contributed by atoms with Crippen LogP contribution in [-0.2, 0) is 12.8 Å². The smallest absolute Gasteiger partial charge is 0.126 e. The summed E-state index contributed by atoms with van der Waals surface area (Å²) in [7, 11) is 0. The Hall–Kier alpha value is -1.77. The normalized spacial score (nSPS) is 10.6. The van der Waals surface area contributed by atoms with E-state index in [4.69, 9.17) is 0 Å². The summed E-state index contributed by atoms with van der Waals surface area (Å²) in [5.74, 6) is -0.136. The summed E-state index contributed by atoms with van der Waals surface area (Å²) >= 11 is 0. The molecule has 2 aromatic rings. The predicted molar refractivity (Wildman–Crippen MR) is 69.9 cm³/mol. The average Bonchev–Trinajstić information content (AvgIpc) is 2.36. The summed E-state index contributed by atoms with van der Waals surface area (Å²) in [4.78, 5) is 8.54. The molecule has 0 N–H and O–H groups in total. The second-order valence-electron chi connectivity index (χ2n) is 4.59. The molecule has 1 aromatic carbocycles. The number of aryl methyl sites for hydroxylation is 4. The van der Waals surface area contributed by atoms with Crippen LogP contribution in [0.15, 0.2) is 30.6 Å². The van der Waals surface area contributed by atoms with Crippen LogP contribution in [0.25, 0.3) is 0 Å². The highest BCUT2D eigenvalue weighted by atomic mass is 19.1. The SMILES string of the molecule is Cc1cnc(CCCc2ccc(F)c(C)c2)cn1. The fourth-order valence-electron chi connectivity index (χ4n) is 1.88. The van der Waals surface area contributed by atoms with E-state index >= 15 is 0 Å². The number of hydrogen-bond donors (Lipinski definition) is 0. The third-order valence-electron chi connectivity index (χ3n) is 2.96. The fraction of sp³-hybridized carbons (Fsp3) is 0.333. The lowest BCUT2D eigenvalue weighted by Gasteiger charge is -2.04. The van der Waals surface area contributed by atoms with Crippen molar-refractivity contribution < 1.29 is 4.39 Å². The van der Waals surface area contributed by atoms with Gasteiger partial charge in [0.1, 0.15) is 5.82 Å². The molecule has 0 bridgehead atoms. The summed E-state index contributed by atoms with van der Waals surface area (Å²) in [5.41, 5.74) is 3.84. The number of benzene rings is 1. The van der Waals surface area contributed by atoms with E-state index in [2.05, 4.69) is 9.97 Å². The molecule has 0 unspecified atom stereocenters. The van der Waals surface area contributed by atoms with Gasteiger partial charge in [-0.15, -0.1) is 0 Å². The summed E-state index contributed by atoms with van der Waals surface area (Å²) < 4.78 is 13.1. The zero-order valence-corrected chi connectivity index (χ0v) is 10.8. The lowest BCUT2D eigenvalue weighted by atomic mass is 10.0. The van der Waals surface area contributed by atoms with Gasteiger partial charge in [-0.1, -0.05) is 12.1 Å². The van der Waals surface area contributed by atoms with Gasteiger partial charge in [0.25, 0.3) is 0 Å². The molecule has 0 spiro atoms. The third-order valence-corrected chi connectivity index (χ3v) is 2.96. The highest BCUT2D eigenvalue weighted by Crippen LogP contribution is 2.12. The van der Waals surface area contributed by atoms with E-state index < -0.39 is 0 Å². The highest BCUT2D eigenvalue weighted by molar-refractivity contribution is 5.24. The van der Waals surface area contributed by atoms with Gasteiger partial charge in [0.2, 0.25) is 0 Å². The van der Waals surface area contributed by atoms with Gasteiger partial charge in [0.15, 0.2) is 0 Å². The number of hydrogen-bond acceptors (Lipinski definition) is 2. The molecule has 1 heterocycles. The molecule has 0 aliphatic heterocycles. The summed E-state index contributed by atoms with van der Waals surface area (Å²) in [6.07, 6.45) is 6.46.